The van der Waals surface area contributed by atoms with E-state index in [2.05, 4.69) is 0 Å². The van der Waals surface area contributed by atoms with Crippen LogP contribution in [0.5, 0.6) is 0 Å². The molecular weight excluding hydrogens is 156 g/mol. The van der Waals surface area contributed by atoms with Crippen molar-refractivity contribution in [3.8, 4) is 0 Å². The van der Waals surface area contributed by atoms with Gasteiger partial charge in [0.25, 0.3) is 0 Å². The smallest absolute Gasteiger partial charge is 0.313 e. The first kappa shape index (κ1) is 11.1. The van der Waals surface area contributed by atoms with Gasteiger partial charge in [-0.3, -0.25) is 9.59 Å². The minimum absolute atomic E-state index is 0.0664. The van der Waals surface area contributed by atoms with Gasteiger partial charge < -0.3 is 4.74 Å². The van der Waals surface area contributed by atoms with Crippen molar-refractivity contribution in [1.29, 1.82) is 0 Å². The number of ether oxygens (including phenoxy) is 1. The zero-order chi connectivity index (χ0) is 9.56. The minimum atomic E-state index is -0.406. The molecule has 70 valence electrons. The number of ketones is 1. The van der Waals surface area contributed by atoms with E-state index in [9.17, 15) is 9.59 Å². The van der Waals surface area contributed by atoms with Gasteiger partial charge >= 0.3 is 5.97 Å². The number of carbonyl (C=O) groups is 2. The van der Waals surface area contributed by atoms with Gasteiger partial charge in [0.2, 0.25) is 0 Å². The molecule has 0 fully saturated rings. The largest absolute Gasteiger partial charge is 0.462 e. The number of hydrogen-bond acceptors (Lipinski definition) is 3. The third-order valence-electron chi connectivity index (χ3n) is 1.64. The van der Waals surface area contributed by atoms with Crippen LogP contribution in [0.2, 0.25) is 0 Å². The molecule has 1 atom stereocenters. The monoisotopic (exact) mass is 172 g/mol. The van der Waals surface area contributed by atoms with Crippen molar-refractivity contribution in [2.24, 2.45) is 0 Å². The summed E-state index contributed by atoms with van der Waals surface area (Å²) in [5.41, 5.74) is 0. The quantitative estimate of drug-likeness (QED) is 0.468. The van der Waals surface area contributed by atoms with Crippen LogP contribution in [0.1, 0.15) is 40.0 Å². The van der Waals surface area contributed by atoms with Gasteiger partial charge in [-0.1, -0.05) is 13.8 Å². The Hall–Kier alpha value is -0.860. The second-order valence-corrected chi connectivity index (χ2v) is 2.78. The van der Waals surface area contributed by atoms with Crippen molar-refractivity contribution in [3.63, 3.8) is 0 Å². The fraction of sp³-hybridized carbons (Fsp3) is 0.778. The molecule has 0 aromatic heterocycles. The first-order valence-corrected chi connectivity index (χ1v) is 4.31. The third kappa shape index (κ3) is 4.88. The molecule has 0 amide bonds. The number of hydrogen-bond donors (Lipinski definition) is 0. The van der Waals surface area contributed by atoms with Crippen LogP contribution in [0, 0.1) is 0 Å². The molecule has 3 nitrogen and oxygen atoms in total. The summed E-state index contributed by atoms with van der Waals surface area (Å²) in [6, 6.07) is 0. The zero-order valence-corrected chi connectivity index (χ0v) is 7.92. The summed E-state index contributed by atoms with van der Waals surface area (Å²) < 4.78 is 4.91. The molecule has 0 radical (unpaired) electrons. The average Bonchev–Trinajstić information content (AvgIpc) is 2.03. The summed E-state index contributed by atoms with van der Waals surface area (Å²) in [7, 11) is 0. The summed E-state index contributed by atoms with van der Waals surface area (Å²) in [6.07, 6.45) is 1.02. The van der Waals surface area contributed by atoms with Crippen molar-refractivity contribution in [1.82, 2.24) is 0 Å². The first-order valence-electron chi connectivity index (χ1n) is 4.31. The SMILES string of the molecule is CCC(=O)CC(=O)OC(C)CC. The van der Waals surface area contributed by atoms with E-state index >= 15 is 0 Å². The molecular formula is C9H16O3. The van der Waals surface area contributed by atoms with Crippen molar-refractivity contribution in [2.45, 2.75) is 46.1 Å². The Morgan fingerprint density at radius 3 is 2.33 bits per heavy atom. The van der Waals surface area contributed by atoms with E-state index in [1.807, 2.05) is 13.8 Å². The molecule has 12 heavy (non-hydrogen) atoms. The maximum atomic E-state index is 10.9. The molecule has 0 aliphatic rings. The molecule has 0 rings (SSSR count). The zero-order valence-electron chi connectivity index (χ0n) is 7.92. The van der Waals surface area contributed by atoms with Gasteiger partial charge in [-0.25, -0.2) is 0 Å². The highest BCUT2D eigenvalue weighted by molar-refractivity contribution is 5.95. The van der Waals surface area contributed by atoms with E-state index in [0.717, 1.165) is 6.42 Å². The Kier molecular flexibility index (Phi) is 5.34. The van der Waals surface area contributed by atoms with Gasteiger partial charge in [0.15, 0.2) is 0 Å². The Morgan fingerprint density at radius 1 is 1.33 bits per heavy atom. The highest BCUT2D eigenvalue weighted by Gasteiger charge is 2.11. The number of esters is 1. The maximum absolute atomic E-state index is 10.9. The first-order chi connectivity index (χ1) is 5.60. The fourth-order valence-corrected chi connectivity index (χ4v) is 0.635. The van der Waals surface area contributed by atoms with Crippen LogP contribution in [-0.2, 0) is 14.3 Å². The predicted octanol–water partition coefficient (Wildman–Crippen LogP) is 1.70. The van der Waals surface area contributed by atoms with Crippen LogP contribution in [0.15, 0.2) is 0 Å². The topological polar surface area (TPSA) is 43.4 Å². The van der Waals surface area contributed by atoms with E-state index in [0.29, 0.717) is 6.42 Å². The summed E-state index contributed by atoms with van der Waals surface area (Å²) in [4.78, 5) is 21.7. The second-order valence-electron chi connectivity index (χ2n) is 2.78. The molecule has 0 aliphatic heterocycles. The van der Waals surface area contributed by atoms with E-state index in [1.165, 1.54) is 0 Å². The Morgan fingerprint density at radius 2 is 1.92 bits per heavy atom. The predicted molar refractivity (Wildman–Crippen MR) is 45.8 cm³/mol. The molecule has 0 aliphatic carbocycles. The molecule has 0 aromatic carbocycles. The number of Topliss-reactive ketones (excluding diaryl/α,β-unsaturated/α-hetero) is 1. The van der Waals surface area contributed by atoms with Crippen molar-refractivity contribution < 1.29 is 14.3 Å². The van der Waals surface area contributed by atoms with Gasteiger partial charge in [0.1, 0.15) is 12.2 Å². The molecule has 0 bridgehead atoms. The molecule has 0 N–H and O–H groups in total. The van der Waals surface area contributed by atoms with Crippen molar-refractivity contribution >= 4 is 11.8 Å². The van der Waals surface area contributed by atoms with Gasteiger partial charge in [-0.05, 0) is 13.3 Å². The lowest BCUT2D eigenvalue weighted by atomic mass is 10.2. The molecule has 3 heteroatoms. The van der Waals surface area contributed by atoms with Crippen LogP contribution in [0.4, 0.5) is 0 Å². The van der Waals surface area contributed by atoms with Crippen molar-refractivity contribution in [2.75, 3.05) is 0 Å². The van der Waals surface area contributed by atoms with Gasteiger partial charge in [0, 0.05) is 6.42 Å². The Bertz CT molecular complexity index is 163. The third-order valence-corrected chi connectivity index (χ3v) is 1.64. The molecule has 1 unspecified atom stereocenters. The number of carbonyl (C=O) groups excluding carboxylic acids is 2. The molecule has 0 heterocycles. The highest BCUT2D eigenvalue weighted by Crippen LogP contribution is 2.00. The second kappa shape index (κ2) is 5.75. The van der Waals surface area contributed by atoms with Crippen LogP contribution >= 0.6 is 0 Å². The van der Waals surface area contributed by atoms with E-state index in [1.54, 1.807) is 6.92 Å². The summed E-state index contributed by atoms with van der Waals surface area (Å²) >= 11 is 0. The normalized spacial score (nSPS) is 12.2. The van der Waals surface area contributed by atoms with Gasteiger partial charge in [-0.2, -0.15) is 0 Å². The standard InChI is InChI=1S/C9H16O3/c1-4-7(3)12-9(11)6-8(10)5-2/h7H,4-6H2,1-3H3. The highest BCUT2D eigenvalue weighted by atomic mass is 16.5. The van der Waals surface area contributed by atoms with E-state index in [-0.39, 0.29) is 18.3 Å². The van der Waals surface area contributed by atoms with Crippen LogP contribution in [0.25, 0.3) is 0 Å². The lowest BCUT2D eigenvalue weighted by Crippen LogP contribution is -2.16. The lowest BCUT2D eigenvalue weighted by molar-refractivity contribution is -0.150. The molecule has 0 spiro atoms. The van der Waals surface area contributed by atoms with E-state index < -0.39 is 5.97 Å². The molecule has 0 aromatic rings. The summed E-state index contributed by atoms with van der Waals surface area (Å²) in [6.45, 7) is 5.48. The van der Waals surface area contributed by atoms with Crippen molar-refractivity contribution in [3.05, 3.63) is 0 Å². The van der Waals surface area contributed by atoms with Gasteiger partial charge in [0.05, 0.1) is 6.10 Å². The van der Waals surface area contributed by atoms with Gasteiger partial charge in [-0.15, -0.1) is 0 Å². The van der Waals surface area contributed by atoms with Crippen LogP contribution in [-0.4, -0.2) is 17.9 Å². The Balaban J connectivity index is 3.66. The van der Waals surface area contributed by atoms with Crippen LogP contribution < -0.4 is 0 Å². The molecule has 0 saturated heterocycles. The Labute approximate surface area is 73.1 Å². The maximum Gasteiger partial charge on any atom is 0.313 e. The lowest BCUT2D eigenvalue weighted by Gasteiger charge is -2.09. The summed E-state index contributed by atoms with van der Waals surface area (Å²) in [5, 5.41) is 0. The average molecular weight is 172 g/mol. The van der Waals surface area contributed by atoms with Crippen LogP contribution in [0.3, 0.4) is 0 Å². The molecule has 0 saturated carbocycles. The fourth-order valence-electron chi connectivity index (χ4n) is 0.635. The van der Waals surface area contributed by atoms with E-state index in [4.69, 9.17) is 4.74 Å². The minimum Gasteiger partial charge on any atom is -0.462 e. The number of rotatable bonds is 5. The summed E-state index contributed by atoms with van der Waals surface area (Å²) in [5.74, 6) is -0.473.